The summed E-state index contributed by atoms with van der Waals surface area (Å²) in [4.78, 5) is 12.8. The van der Waals surface area contributed by atoms with E-state index in [-0.39, 0.29) is 17.0 Å². The van der Waals surface area contributed by atoms with E-state index in [2.05, 4.69) is 55.2 Å². The highest BCUT2D eigenvalue weighted by atomic mass is 32.2. The van der Waals surface area contributed by atoms with Crippen LogP contribution in [0, 0.1) is 0 Å². The van der Waals surface area contributed by atoms with E-state index in [0.29, 0.717) is 22.2 Å². The molecule has 0 N–H and O–H groups in total. The largest absolute Gasteiger partial charge is 0.497 e. The van der Waals surface area contributed by atoms with Gasteiger partial charge in [-0.3, -0.25) is 4.79 Å². The molecule has 3 rings (SSSR count). The molecule has 0 amide bonds. The number of Topliss-reactive ketones (excluding diaryl/α,β-unsaturated/α-hetero) is 1. The van der Waals surface area contributed by atoms with Crippen LogP contribution in [0.5, 0.6) is 11.5 Å². The van der Waals surface area contributed by atoms with Gasteiger partial charge in [-0.05, 0) is 29.2 Å². The zero-order valence-electron chi connectivity index (χ0n) is 18.2. The Morgan fingerprint density at radius 2 is 1.73 bits per heavy atom. The lowest BCUT2D eigenvalue weighted by molar-refractivity contribution is 0.101. The van der Waals surface area contributed by atoms with Crippen LogP contribution in [0.3, 0.4) is 0 Å². The van der Waals surface area contributed by atoms with Crippen molar-refractivity contribution in [1.82, 2.24) is 14.8 Å². The van der Waals surface area contributed by atoms with Crippen LogP contribution in [0.4, 0.5) is 0 Å². The van der Waals surface area contributed by atoms with Crippen molar-refractivity contribution in [3.05, 3.63) is 53.6 Å². The van der Waals surface area contributed by atoms with Gasteiger partial charge in [-0.1, -0.05) is 56.8 Å². The van der Waals surface area contributed by atoms with Gasteiger partial charge in [-0.2, -0.15) is 0 Å². The number of ketones is 1. The van der Waals surface area contributed by atoms with Crippen LogP contribution in [0.1, 0.15) is 36.7 Å². The van der Waals surface area contributed by atoms with Crippen molar-refractivity contribution in [3.8, 4) is 22.9 Å². The van der Waals surface area contributed by atoms with Gasteiger partial charge in [0.25, 0.3) is 0 Å². The average molecular weight is 426 g/mol. The molecule has 2 aromatic carbocycles. The van der Waals surface area contributed by atoms with Gasteiger partial charge in [0.2, 0.25) is 0 Å². The van der Waals surface area contributed by atoms with Crippen LogP contribution in [-0.2, 0) is 12.5 Å². The van der Waals surface area contributed by atoms with E-state index >= 15 is 0 Å². The van der Waals surface area contributed by atoms with Gasteiger partial charge in [0.1, 0.15) is 11.5 Å². The predicted molar refractivity (Wildman–Crippen MR) is 120 cm³/mol. The zero-order chi connectivity index (χ0) is 21.9. The quantitative estimate of drug-likeness (QED) is 0.401. The number of methoxy groups -OCH3 is 2. The third-order valence-electron chi connectivity index (χ3n) is 4.88. The monoisotopic (exact) mass is 425 g/mol. The summed E-state index contributed by atoms with van der Waals surface area (Å²) in [7, 11) is 5.03. The molecule has 0 saturated carbocycles. The average Bonchev–Trinajstić information content (AvgIpc) is 3.11. The Hall–Kier alpha value is -2.80. The van der Waals surface area contributed by atoms with Gasteiger partial charge < -0.3 is 14.0 Å². The lowest BCUT2D eigenvalue weighted by Crippen LogP contribution is -2.10. The molecule has 0 fully saturated rings. The highest BCUT2D eigenvalue weighted by Crippen LogP contribution is 2.29. The maximum atomic E-state index is 12.8. The van der Waals surface area contributed by atoms with Crippen LogP contribution >= 0.6 is 11.8 Å². The number of benzene rings is 2. The third-order valence-corrected chi connectivity index (χ3v) is 5.90. The van der Waals surface area contributed by atoms with Crippen LogP contribution in [0.2, 0.25) is 0 Å². The Morgan fingerprint density at radius 1 is 1.03 bits per heavy atom. The molecular weight excluding hydrogens is 398 g/mol. The molecule has 3 aromatic rings. The van der Waals surface area contributed by atoms with Crippen LogP contribution in [-0.4, -0.2) is 40.5 Å². The van der Waals surface area contributed by atoms with Crippen molar-refractivity contribution in [2.75, 3.05) is 20.0 Å². The van der Waals surface area contributed by atoms with Gasteiger partial charge in [-0.25, -0.2) is 0 Å². The van der Waals surface area contributed by atoms with Crippen LogP contribution < -0.4 is 9.47 Å². The summed E-state index contributed by atoms with van der Waals surface area (Å²) < 4.78 is 12.5. The lowest BCUT2D eigenvalue weighted by Gasteiger charge is -2.19. The summed E-state index contributed by atoms with van der Waals surface area (Å²) in [6.07, 6.45) is 0. The number of aromatic nitrogens is 3. The van der Waals surface area contributed by atoms with Gasteiger partial charge in [0.05, 0.1) is 25.5 Å². The molecule has 0 spiro atoms. The second-order valence-electron chi connectivity index (χ2n) is 7.97. The topological polar surface area (TPSA) is 66.2 Å². The van der Waals surface area contributed by atoms with Crippen molar-refractivity contribution in [2.45, 2.75) is 31.3 Å². The van der Waals surface area contributed by atoms with Crippen LogP contribution in [0.15, 0.2) is 47.6 Å². The highest BCUT2D eigenvalue weighted by Gasteiger charge is 2.18. The first-order valence-electron chi connectivity index (χ1n) is 9.63. The molecule has 0 bridgehead atoms. The Labute approximate surface area is 181 Å². The Bertz CT molecular complexity index is 1040. The Balaban J connectivity index is 1.75. The SMILES string of the molecule is COc1ccc(OC)c(C(=O)CSc2nnc(-c3ccc(C(C)(C)C)cc3)n2C)c1. The summed E-state index contributed by atoms with van der Waals surface area (Å²) in [6.45, 7) is 6.56. The first kappa shape index (κ1) is 21.9. The summed E-state index contributed by atoms with van der Waals surface area (Å²) in [5.74, 6) is 2.07. The van der Waals surface area contributed by atoms with Crippen molar-refractivity contribution in [3.63, 3.8) is 0 Å². The highest BCUT2D eigenvalue weighted by molar-refractivity contribution is 7.99. The van der Waals surface area contributed by atoms with E-state index in [9.17, 15) is 4.79 Å². The lowest BCUT2D eigenvalue weighted by atomic mass is 9.87. The molecule has 30 heavy (non-hydrogen) atoms. The number of thioether (sulfide) groups is 1. The molecule has 0 unspecified atom stereocenters. The maximum absolute atomic E-state index is 12.8. The van der Waals surface area contributed by atoms with E-state index in [4.69, 9.17) is 9.47 Å². The second-order valence-corrected chi connectivity index (χ2v) is 8.91. The van der Waals surface area contributed by atoms with Gasteiger partial charge in [0.15, 0.2) is 16.8 Å². The number of nitrogens with zero attached hydrogens (tertiary/aromatic N) is 3. The Kier molecular flexibility index (Phi) is 6.51. The molecule has 158 valence electrons. The smallest absolute Gasteiger partial charge is 0.191 e. The summed E-state index contributed by atoms with van der Waals surface area (Å²) in [6, 6.07) is 13.6. The van der Waals surface area contributed by atoms with Gasteiger partial charge in [0, 0.05) is 12.6 Å². The minimum absolute atomic E-state index is 0.0603. The number of ether oxygens (including phenoxy) is 2. The van der Waals surface area contributed by atoms with Crippen molar-refractivity contribution in [2.24, 2.45) is 7.05 Å². The number of carbonyl (C=O) groups is 1. The first-order chi connectivity index (χ1) is 14.2. The molecule has 0 radical (unpaired) electrons. The fraction of sp³-hybridized carbons (Fsp3) is 0.348. The number of rotatable bonds is 7. The minimum Gasteiger partial charge on any atom is -0.497 e. The second kappa shape index (κ2) is 8.92. The third kappa shape index (κ3) is 4.67. The molecule has 1 heterocycles. The Morgan fingerprint density at radius 3 is 2.33 bits per heavy atom. The van der Waals surface area contributed by atoms with E-state index in [1.165, 1.54) is 17.3 Å². The zero-order valence-corrected chi connectivity index (χ0v) is 19.0. The summed E-state index contributed by atoms with van der Waals surface area (Å²) >= 11 is 1.35. The van der Waals surface area contributed by atoms with E-state index in [1.54, 1.807) is 32.4 Å². The fourth-order valence-corrected chi connectivity index (χ4v) is 3.85. The summed E-state index contributed by atoms with van der Waals surface area (Å²) in [5, 5.41) is 9.28. The molecule has 7 heteroatoms. The number of hydrogen-bond donors (Lipinski definition) is 0. The molecule has 6 nitrogen and oxygen atoms in total. The predicted octanol–water partition coefficient (Wildman–Crippen LogP) is 4.77. The van der Waals surface area contributed by atoms with Gasteiger partial charge in [-0.15, -0.1) is 10.2 Å². The number of hydrogen-bond acceptors (Lipinski definition) is 6. The molecule has 0 aliphatic carbocycles. The molecular formula is C23H27N3O3S. The summed E-state index contributed by atoms with van der Waals surface area (Å²) in [5.41, 5.74) is 2.84. The fourth-order valence-electron chi connectivity index (χ4n) is 3.05. The minimum atomic E-state index is -0.0603. The molecule has 0 aliphatic heterocycles. The van der Waals surface area contributed by atoms with Crippen LogP contribution in [0.25, 0.3) is 11.4 Å². The first-order valence-corrected chi connectivity index (χ1v) is 10.6. The molecule has 0 aliphatic rings. The normalized spacial score (nSPS) is 11.4. The molecule has 1 aromatic heterocycles. The van der Waals surface area contributed by atoms with E-state index in [0.717, 1.165) is 11.4 Å². The van der Waals surface area contributed by atoms with E-state index in [1.807, 2.05) is 11.6 Å². The molecule has 0 saturated heterocycles. The van der Waals surface area contributed by atoms with Crippen molar-refractivity contribution in [1.29, 1.82) is 0 Å². The van der Waals surface area contributed by atoms with Gasteiger partial charge >= 0.3 is 0 Å². The molecule has 0 atom stereocenters. The maximum Gasteiger partial charge on any atom is 0.191 e. The van der Waals surface area contributed by atoms with Crippen molar-refractivity contribution >= 4 is 17.5 Å². The number of carbonyl (C=O) groups excluding carboxylic acids is 1. The van der Waals surface area contributed by atoms with Crippen molar-refractivity contribution < 1.29 is 14.3 Å². The van der Waals surface area contributed by atoms with E-state index < -0.39 is 0 Å². The standard InChI is InChI=1S/C23H27N3O3S/c1-23(2,3)16-9-7-15(8-10-16)21-24-25-22(26(21)4)30-14-19(27)18-13-17(28-5)11-12-20(18)29-6/h7-13H,14H2,1-6H3.